The van der Waals surface area contributed by atoms with Crippen LogP contribution in [0.4, 0.5) is 0 Å². The van der Waals surface area contributed by atoms with Crippen molar-refractivity contribution in [2.75, 3.05) is 13.2 Å². The minimum absolute atomic E-state index is 0.250. The van der Waals surface area contributed by atoms with E-state index >= 15 is 0 Å². The third-order valence-corrected chi connectivity index (χ3v) is 3.07. The average molecular weight is 338 g/mol. The molecule has 0 radical (unpaired) electrons. The van der Waals surface area contributed by atoms with E-state index < -0.39 is 0 Å². The Balaban J connectivity index is 1.77. The van der Waals surface area contributed by atoms with E-state index in [1.807, 2.05) is 26.0 Å². The molecule has 5 heteroatoms. The van der Waals surface area contributed by atoms with Gasteiger partial charge in [-0.05, 0) is 65.2 Å². The highest BCUT2D eigenvalue weighted by Gasteiger charge is 2.09. The number of furan rings is 1. The van der Waals surface area contributed by atoms with Crippen molar-refractivity contribution >= 4 is 21.8 Å². The van der Waals surface area contributed by atoms with Crippen LogP contribution in [0.3, 0.4) is 0 Å². The fraction of sp³-hybridized carbons (Fsp3) is 0.267. The molecule has 106 valence electrons. The van der Waals surface area contributed by atoms with E-state index in [-0.39, 0.29) is 11.7 Å². The summed E-state index contributed by atoms with van der Waals surface area (Å²) in [5.41, 5.74) is 2.31. The minimum Gasteiger partial charge on any atom is -0.492 e. The van der Waals surface area contributed by atoms with Gasteiger partial charge in [0.1, 0.15) is 12.4 Å². The molecule has 0 bridgehead atoms. The van der Waals surface area contributed by atoms with E-state index in [2.05, 4.69) is 27.3 Å². The van der Waals surface area contributed by atoms with E-state index in [1.54, 1.807) is 12.1 Å². The van der Waals surface area contributed by atoms with E-state index in [9.17, 15) is 4.79 Å². The summed E-state index contributed by atoms with van der Waals surface area (Å²) >= 11 is 3.16. The van der Waals surface area contributed by atoms with Crippen molar-refractivity contribution in [2.45, 2.75) is 13.8 Å². The molecule has 0 spiro atoms. The van der Waals surface area contributed by atoms with Gasteiger partial charge in [-0.3, -0.25) is 4.79 Å². The quantitative estimate of drug-likeness (QED) is 0.850. The van der Waals surface area contributed by atoms with Crippen molar-refractivity contribution in [1.29, 1.82) is 0 Å². The molecule has 2 rings (SSSR count). The summed E-state index contributed by atoms with van der Waals surface area (Å²) < 4.78 is 11.3. The van der Waals surface area contributed by atoms with Gasteiger partial charge in [-0.25, -0.2) is 0 Å². The van der Waals surface area contributed by atoms with Crippen LogP contribution in [-0.2, 0) is 0 Å². The number of amides is 1. The molecule has 20 heavy (non-hydrogen) atoms. The first kappa shape index (κ1) is 14.7. The molecule has 1 N–H and O–H groups in total. The average Bonchev–Trinajstić information content (AvgIpc) is 2.80. The zero-order chi connectivity index (χ0) is 14.5. The first-order valence-corrected chi connectivity index (χ1v) is 7.08. The topological polar surface area (TPSA) is 51.5 Å². The van der Waals surface area contributed by atoms with Crippen molar-refractivity contribution in [3.8, 4) is 5.75 Å². The van der Waals surface area contributed by atoms with Crippen LogP contribution >= 0.6 is 15.9 Å². The highest BCUT2D eigenvalue weighted by molar-refractivity contribution is 9.10. The summed E-state index contributed by atoms with van der Waals surface area (Å²) in [7, 11) is 0. The number of benzene rings is 1. The van der Waals surface area contributed by atoms with Gasteiger partial charge < -0.3 is 14.5 Å². The first-order chi connectivity index (χ1) is 9.54. The Hall–Kier alpha value is -1.75. The van der Waals surface area contributed by atoms with Gasteiger partial charge in [0.25, 0.3) is 5.91 Å². The van der Waals surface area contributed by atoms with E-state index in [4.69, 9.17) is 9.15 Å². The molecular weight excluding hydrogens is 322 g/mol. The number of carbonyl (C=O) groups excluding carboxylic acids is 1. The lowest BCUT2D eigenvalue weighted by Gasteiger charge is -2.08. The maximum atomic E-state index is 11.7. The lowest BCUT2D eigenvalue weighted by molar-refractivity contribution is 0.0918. The molecule has 1 amide bonds. The van der Waals surface area contributed by atoms with Gasteiger partial charge in [-0.1, -0.05) is 6.07 Å². The van der Waals surface area contributed by atoms with Gasteiger partial charge in [-0.2, -0.15) is 0 Å². The Morgan fingerprint density at radius 2 is 1.95 bits per heavy atom. The lowest BCUT2D eigenvalue weighted by atomic mass is 10.1. The second-order valence-corrected chi connectivity index (χ2v) is 5.31. The molecule has 0 unspecified atom stereocenters. The smallest absolute Gasteiger partial charge is 0.287 e. The molecule has 0 aliphatic heterocycles. The maximum absolute atomic E-state index is 11.7. The van der Waals surface area contributed by atoms with Crippen molar-refractivity contribution in [3.05, 3.63) is 51.9 Å². The van der Waals surface area contributed by atoms with E-state index in [0.717, 1.165) is 16.9 Å². The van der Waals surface area contributed by atoms with Gasteiger partial charge in [-0.15, -0.1) is 0 Å². The van der Waals surface area contributed by atoms with Crippen LogP contribution in [0.15, 0.2) is 39.4 Å². The normalized spacial score (nSPS) is 10.3. The predicted molar refractivity (Wildman–Crippen MR) is 80.2 cm³/mol. The largest absolute Gasteiger partial charge is 0.492 e. The Labute approximate surface area is 126 Å². The molecular formula is C15H16BrNO3. The Bertz CT molecular complexity index is 587. The highest BCUT2D eigenvalue weighted by Crippen LogP contribution is 2.16. The number of nitrogens with one attached hydrogen (secondary N) is 1. The van der Waals surface area contributed by atoms with Crippen LogP contribution in [0, 0.1) is 13.8 Å². The molecule has 0 aliphatic carbocycles. The molecule has 1 heterocycles. The second kappa shape index (κ2) is 6.61. The Morgan fingerprint density at radius 1 is 1.25 bits per heavy atom. The molecule has 1 aromatic carbocycles. The third-order valence-electron chi connectivity index (χ3n) is 2.65. The third kappa shape index (κ3) is 4.13. The molecule has 0 saturated heterocycles. The summed E-state index contributed by atoms with van der Waals surface area (Å²) in [5, 5.41) is 2.73. The molecule has 4 nitrogen and oxygen atoms in total. The van der Waals surface area contributed by atoms with E-state index in [0.29, 0.717) is 17.8 Å². The zero-order valence-electron chi connectivity index (χ0n) is 11.4. The summed E-state index contributed by atoms with van der Waals surface area (Å²) in [4.78, 5) is 11.7. The van der Waals surface area contributed by atoms with Crippen LogP contribution in [0.25, 0.3) is 0 Å². The Kier molecular flexibility index (Phi) is 4.84. The summed E-state index contributed by atoms with van der Waals surface area (Å²) in [6, 6.07) is 9.32. The number of halogens is 1. The van der Waals surface area contributed by atoms with Crippen LogP contribution in [0.5, 0.6) is 5.75 Å². The summed E-state index contributed by atoms with van der Waals surface area (Å²) in [6.45, 7) is 4.88. The standard InChI is InChI=1S/C15H16BrNO3/c1-10-7-11(2)9-12(8-10)19-6-5-17-15(18)13-3-4-14(16)20-13/h3-4,7-9H,5-6H2,1-2H3,(H,17,18). The van der Waals surface area contributed by atoms with Crippen molar-refractivity contribution < 1.29 is 13.9 Å². The summed E-state index contributed by atoms with van der Waals surface area (Å²) in [5.74, 6) is 0.848. The highest BCUT2D eigenvalue weighted by atomic mass is 79.9. The first-order valence-electron chi connectivity index (χ1n) is 6.29. The van der Waals surface area contributed by atoms with Crippen LogP contribution in [0.2, 0.25) is 0 Å². The number of hydrogen-bond acceptors (Lipinski definition) is 3. The van der Waals surface area contributed by atoms with Gasteiger partial charge in [0.15, 0.2) is 10.4 Å². The number of aryl methyl sites for hydroxylation is 2. The summed E-state index contributed by atoms with van der Waals surface area (Å²) in [6.07, 6.45) is 0. The van der Waals surface area contributed by atoms with Gasteiger partial charge in [0.2, 0.25) is 0 Å². The maximum Gasteiger partial charge on any atom is 0.287 e. The monoisotopic (exact) mass is 337 g/mol. The number of carbonyl (C=O) groups is 1. The van der Waals surface area contributed by atoms with Crippen LogP contribution < -0.4 is 10.1 Å². The Morgan fingerprint density at radius 3 is 2.55 bits per heavy atom. The minimum atomic E-state index is -0.250. The van der Waals surface area contributed by atoms with Crippen molar-refractivity contribution in [1.82, 2.24) is 5.32 Å². The lowest BCUT2D eigenvalue weighted by Crippen LogP contribution is -2.27. The van der Waals surface area contributed by atoms with Crippen molar-refractivity contribution in [2.24, 2.45) is 0 Å². The number of ether oxygens (including phenoxy) is 1. The molecule has 0 fully saturated rings. The number of rotatable bonds is 5. The fourth-order valence-electron chi connectivity index (χ4n) is 1.87. The van der Waals surface area contributed by atoms with Gasteiger partial charge in [0, 0.05) is 0 Å². The van der Waals surface area contributed by atoms with Crippen LogP contribution in [-0.4, -0.2) is 19.1 Å². The van der Waals surface area contributed by atoms with Gasteiger partial charge >= 0.3 is 0 Å². The zero-order valence-corrected chi connectivity index (χ0v) is 13.0. The van der Waals surface area contributed by atoms with E-state index in [1.165, 1.54) is 0 Å². The van der Waals surface area contributed by atoms with Crippen molar-refractivity contribution in [3.63, 3.8) is 0 Å². The number of hydrogen-bond donors (Lipinski definition) is 1. The molecule has 0 aliphatic rings. The molecule has 1 aromatic heterocycles. The second-order valence-electron chi connectivity index (χ2n) is 4.53. The van der Waals surface area contributed by atoms with Crippen LogP contribution in [0.1, 0.15) is 21.7 Å². The predicted octanol–water partition coefficient (Wildman–Crippen LogP) is 3.47. The van der Waals surface area contributed by atoms with Gasteiger partial charge in [0.05, 0.1) is 6.54 Å². The fourth-order valence-corrected chi connectivity index (χ4v) is 2.18. The SMILES string of the molecule is Cc1cc(C)cc(OCCNC(=O)c2ccc(Br)o2)c1. The molecule has 0 atom stereocenters. The molecule has 2 aromatic rings. The molecule has 0 saturated carbocycles.